The van der Waals surface area contributed by atoms with Crippen LogP contribution in [0.3, 0.4) is 0 Å². The van der Waals surface area contributed by atoms with Crippen molar-refractivity contribution in [3.8, 4) is 0 Å². The zero-order valence-electron chi connectivity index (χ0n) is 9.05. The monoisotopic (exact) mass is 321 g/mol. The van der Waals surface area contributed by atoms with Crippen LogP contribution >= 0.6 is 15.9 Å². The van der Waals surface area contributed by atoms with E-state index in [0.29, 0.717) is 5.69 Å². The fourth-order valence-corrected chi connectivity index (χ4v) is 2.30. The van der Waals surface area contributed by atoms with Crippen molar-refractivity contribution in [1.29, 1.82) is 0 Å². The smallest absolute Gasteiger partial charge is 0.254 e. The van der Waals surface area contributed by atoms with Crippen LogP contribution in [0, 0.1) is 0 Å². The van der Waals surface area contributed by atoms with Gasteiger partial charge in [0.25, 0.3) is 5.91 Å². The summed E-state index contributed by atoms with van der Waals surface area (Å²) < 4.78 is 24.9. The largest absolute Gasteiger partial charge is 0.293 e. The van der Waals surface area contributed by atoms with Crippen molar-refractivity contribution in [2.24, 2.45) is 5.84 Å². The van der Waals surface area contributed by atoms with E-state index in [4.69, 9.17) is 5.84 Å². The van der Waals surface area contributed by atoms with E-state index in [1.54, 1.807) is 24.3 Å². The Kier molecular flexibility index (Phi) is 4.49. The number of halogens is 1. The number of nitrogens with two attached hydrogens (primary N) is 1. The van der Waals surface area contributed by atoms with Crippen LogP contribution in [-0.4, -0.2) is 27.1 Å². The van der Waals surface area contributed by atoms with Crippen LogP contribution in [0.4, 0.5) is 5.69 Å². The van der Waals surface area contributed by atoms with Gasteiger partial charge in [-0.25, -0.2) is 14.3 Å². The van der Waals surface area contributed by atoms with Gasteiger partial charge in [0, 0.05) is 4.47 Å². The fourth-order valence-electron chi connectivity index (χ4n) is 1.18. The number of sulfonamides is 1. The molecule has 0 aromatic heterocycles. The molecule has 94 valence electrons. The molecule has 0 atom stereocenters. The summed E-state index contributed by atoms with van der Waals surface area (Å²) in [5, 5.41) is 0. The van der Waals surface area contributed by atoms with E-state index in [1.807, 2.05) is 5.43 Å². The zero-order valence-corrected chi connectivity index (χ0v) is 11.5. The lowest BCUT2D eigenvalue weighted by Crippen LogP contribution is -2.42. The topological polar surface area (TPSA) is 92.5 Å². The average molecular weight is 322 g/mol. The predicted octanol–water partition coefficient (Wildman–Crippen LogP) is 0.205. The summed E-state index contributed by atoms with van der Waals surface area (Å²) in [5.41, 5.74) is 2.30. The molecule has 1 amide bonds. The van der Waals surface area contributed by atoms with E-state index < -0.39 is 15.9 Å². The van der Waals surface area contributed by atoms with Gasteiger partial charge in [-0.1, -0.05) is 15.9 Å². The minimum Gasteiger partial charge on any atom is -0.293 e. The molecule has 0 saturated carbocycles. The molecule has 0 heterocycles. The number of nitrogens with one attached hydrogen (secondary N) is 1. The summed E-state index contributed by atoms with van der Waals surface area (Å²) in [5.74, 6) is 4.35. The summed E-state index contributed by atoms with van der Waals surface area (Å²) >= 11 is 3.24. The van der Waals surface area contributed by atoms with Crippen LogP contribution in [0.1, 0.15) is 0 Å². The average Bonchev–Trinajstić information content (AvgIpc) is 2.25. The number of hydrazine groups is 1. The van der Waals surface area contributed by atoms with Crippen molar-refractivity contribution >= 4 is 37.5 Å². The summed E-state index contributed by atoms with van der Waals surface area (Å²) in [6.45, 7) is -0.350. The Balaban J connectivity index is 3.07. The standard InChI is InChI=1S/C9H12BrN3O3S/c1-17(15,16)13(6-9(14)12-11)8-4-2-7(10)3-5-8/h2-5H,6,11H2,1H3,(H,12,14). The number of carbonyl (C=O) groups excluding carboxylic acids is 1. The van der Waals surface area contributed by atoms with E-state index in [1.165, 1.54) is 0 Å². The second-order valence-corrected chi connectivity index (χ2v) is 6.14. The quantitative estimate of drug-likeness (QED) is 0.471. The van der Waals surface area contributed by atoms with Gasteiger partial charge in [-0.2, -0.15) is 0 Å². The molecule has 0 aliphatic heterocycles. The molecule has 0 aliphatic carbocycles. The zero-order chi connectivity index (χ0) is 13.1. The van der Waals surface area contributed by atoms with E-state index in [0.717, 1.165) is 15.0 Å². The molecule has 0 fully saturated rings. The maximum absolute atomic E-state index is 11.6. The molecule has 8 heteroatoms. The Morgan fingerprint density at radius 1 is 1.41 bits per heavy atom. The van der Waals surface area contributed by atoms with Gasteiger partial charge in [-0.15, -0.1) is 0 Å². The first-order valence-electron chi connectivity index (χ1n) is 4.57. The van der Waals surface area contributed by atoms with Gasteiger partial charge in [0.15, 0.2) is 0 Å². The van der Waals surface area contributed by atoms with E-state index in [-0.39, 0.29) is 6.54 Å². The number of anilines is 1. The number of rotatable bonds is 4. The molecular formula is C9H12BrN3O3S. The van der Waals surface area contributed by atoms with Crippen molar-refractivity contribution in [3.63, 3.8) is 0 Å². The second-order valence-electron chi connectivity index (χ2n) is 3.31. The third kappa shape index (κ3) is 3.99. The van der Waals surface area contributed by atoms with Crippen molar-refractivity contribution in [2.75, 3.05) is 17.1 Å². The molecule has 6 nitrogen and oxygen atoms in total. The first-order chi connectivity index (χ1) is 7.84. The van der Waals surface area contributed by atoms with Crippen LogP contribution in [-0.2, 0) is 14.8 Å². The van der Waals surface area contributed by atoms with Crippen molar-refractivity contribution in [1.82, 2.24) is 5.43 Å². The lowest BCUT2D eigenvalue weighted by atomic mass is 10.3. The highest BCUT2D eigenvalue weighted by molar-refractivity contribution is 9.10. The minimum absolute atomic E-state index is 0.350. The molecule has 0 saturated heterocycles. The highest BCUT2D eigenvalue weighted by Gasteiger charge is 2.20. The molecule has 0 unspecified atom stereocenters. The van der Waals surface area contributed by atoms with Crippen LogP contribution in [0.25, 0.3) is 0 Å². The third-order valence-electron chi connectivity index (χ3n) is 1.96. The summed E-state index contributed by atoms with van der Waals surface area (Å²) in [6.07, 6.45) is 1.03. The number of benzene rings is 1. The van der Waals surface area contributed by atoms with Crippen LogP contribution < -0.4 is 15.6 Å². The van der Waals surface area contributed by atoms with Crippen molar-refractivity contribution in [3.05, 3.63) is 28.7 Å². The maximum atomic E-state index is 11.6. The Bertz CT molecular complexity index is 501. The summed E-state index contributed by atoms with van der Waals surface area (Å²) in [4.78, 5) is 11.2. The molecule has 0 spiro atoms. The summed E-state index contributed by atoms with van der Waals surface area (Å²) in [6, 6.07) is 6.56. The third-order valence-corrected chi connectivity index (χ3v) is 3.63. The SMILES string of the molecule is CS(=O)(=O)N(CC(=O)NN)c1ccc(Br)cc1. The lowest BCUT2D eigenvalue weighted by Gasteiger charge is -2.21. The molecule has 0 radical (unpaired) electrons. The molecule has 1 aromatic rings. The minimum atomic E-state index is -3.53. The molecule has 1 rings (SSSR count). The second kappa shape index (κ2) is 5.48. The number of hydrogen-bond donors (Lipinski definition) is 2. The number of amides is 1. The molecule has 3 N–H and O–H groups in total. The fraction of sp³-hybridized carbons (Fsp3) is 0.222. The van der Waals surface area contributed by atoms with Crippen molar-refractivity contribution < 1.29 is 13.2 Å². The first kappa shape index (κ1) is 13.9. The summed E-state index contributed by atoms with van der Waals surface area (Å²) in [7, 11) is -3.53. The number of carbonyl (C=O) groups is 1. The molecule has 0 aliphatic rings. The highest BCUT2D eigenvalue weighted by Crippen LogP contribution is 2.20. The molecule has 17 heavy (non-hydrogen) atoms. The Morgan fingerprint density at radius 2 is 1.94 bits per heavy atom. The number of hydrogen-bond acceptors (Lipinski definition) is 4. The van der Waals surface area contributed by atoms with Crippen molar-refractivity contribution in [2.45, 2.75) is 0 Å². The van der Waals surface area contributed by atoms with E-state index >= 15 is 0 Å². The van der Waals surface area contributed by atoms with E-state index in [9.17, 15) is 13.2 Å². The van der Waals surface area contributed by atoms with Gasteiger partial charge in [0.05, 0.1) is 11.9 Å². The normalized spacial score (nSPS) is 11.0. The molecule has 1 aromatic carbocycles. The Hall–Kier alpha value is -1.12. The maximum Gasteiger partial charge on any atom is 0.254 e. The van der Waals surface area contributed by atoms with Gasteiger partial charge in [-0.3, -0.25) is 14.5 Å². The van der Waals surface area contributed by atoms with Crippen LogP contribution in [0.5, 0.6) is 0 Å². The van der Waals surface area contributed by atoms with Gasteiger partial charge < -0.3 is 0 Å². The molecular weight excluding hydrogens is 310 g/mol. The Labute approximate surface area is 108 Å². The van der Waals surface area contributed by atoms with Crippen LogP contribution in [0.15, 0.2) is 28.7 Å². The van der Waals surface area contributed by atoms with Gasteiger partial charge >= 0.3 is 0 Å². The lowest BCUT2D eigenvalue weighted by molar-refractivity contribution is -0.119. The van der Waals surface area contributed by atoms with Gasteiger partial charge in [0.1, 0.15) is 6.54 Å². The Morgan fingerprint density at radius 3 is 2.35 bits per heavy atom. The highest BCUT2D eigenvalue weighted by atomic mass is 79.9. The first-order valence-corrected chi connectivity index (χ1v) is 7.21. The van der Waals surface area contributed by atoms with Crippen LogP contribution in [0.2, 0.25) is 0 Å². The molecule has 0 bridgehead atoms. The van der Waals surface area contributed by atoms with Gasteiger partial charge in [-0.05, 0) is 24.3 Å². The predicted molar refractivity (Wildman–Crippen MR) is 68.7 cm³/mol. The number of nitrogens with zero attached hydrogens (tertiary/aromatic N) is 1. The van der Waals surface area contributed by atoms with Gasteiger partial charge in [0.2, 0.25) is 10.0 Å². The van der Waals surface area contributed by atoms with E-state index in [2.05, 4.69) is 15.9 Å².